The Balaban J connectivity index is 1.60. The van der Waals surface area contributed by atoms with Gasteiger partial charge in [-0.3, -0.25) is 4.79 Å². The van der Waals surface area contributed by atoms with E-state index in [2.05, 4.69) is 10.2 Å². The average molecular weight is 322 g/mol. The fourth-order valence-electron chi connectivity index (χ4n) is 3.22. The van der Waals surface area contributed by atoms with Crippen molar-refractivity contribution >= 4 is 11.6 Å². The Morgan fingerprint density at radius 2 is 2.26 bits per heavy atom. The Labute approximate surface area is 135 Å². The molecular weight excluding hydrogens is 299 g/mol. The molecule has 1 amide bonds. The number of carbonyl (C=O) groups excluding carboxylic acids is 1. The zero-order valence-corrected chi connectivity index (χ0v) is 13.4. The number of hydrogen-bond acceptors (Lipinski definition) is 4. The minimum atomic E-state index is -0.508. The van der Waals surface area contributed by atoms with Crippen LogP contribution < -0.4 is 10.2 Å². The molecule has 0 aromatic heterocycles. The number of anilines is 1. The van der Waals surface area contributed by atoms with Crippen molar-refractivity contribution in [2.45, 2.75) is 31.9 Å². The molecule has 2 aliphatic rings. The minimum absolute atomic E-state index is 0.0752. The van der Waals surface area contributed by atoms with E-state index in [1.807, 2.05) is 13.0 Å². The molecule has 2 atom stereocenters. The van der Waals surface area contributed by atoms with Crippen molar-refractivity contribution in [1.29, 1.82) is 0 Å². The molecule has 1 aromatic carbocycles. The number of nitrogens with zero attached hydrogens (tertiary/aromatic N) is 1. The van der Waals surface area contributed by atoms with Crippen LogP contribution in [0.2, 0.25) is 0 Å². The van der Waals surface area contributed by atoms with Gasteiger partial charge in [0.2, 0.25) is 0 Å². The third kappa shape index (κ3) is 4.00. The molecular formula is C17H23FN2O3. The number of nitrogens with one attached hydrogen (secondary N) is 1. The van der Waals surface area contributed by atoms with Crippen molar-refractivity contribution in [3.8, 4) is 0 Å². The second kappa shape index (κ2) is 7.27. The van der Waals surface area contributed by atoms with Crippen LogP contribution in [0.5, 0.6) is 0 Å². The summed E-state index contributed by atoms with van der Waals surface area (Å²) in [6.07, 6.45) is 1.42. The first-order chi connectivity index (χ1) is 11.1. The number of ether oxygens (including phenoxy) is 2. The Morgan fingerprint density at radius 1 is 1.39 bits per heavy atom. The highest BCUT2D eigenvalue weighted by Crippen LogP contribution is 2.24. The number of carbonyl (C=O) groups is 1. The third-order valence-corrected chi connectivity index (χ3v) is 4.38. The Morgan fingerprint density at radius 3 is 3.00 bits per heavy atom. The molecule has 2 unspecified atom stereocenters. The van der Waals surface area contributed by atoms with E-state index in [9.17, 15) is 9.18 Å². The lowest BCUT2D eigenvalue weighted by molar-refractivity contribution is -0.148. The summed E-state index contributed by atoms with van der Waals surface area (Å²) in [6.45, 7) is 4.88. The summed E-state index contributed by atoms with van der Waals surface area (Å²) in [4.78, 5) is 14.4. The first-order valence-electron chi connectivity index (χ1n) is 8.14. The van der Waals surface area contributed by atoms with E-state index in [1.165, 1.54) is 6.07 Å². The van der Waals surface area contributed by atoms with Crippen molar-refractivity contribution in [2.75, 3.05) is 37.8 Å². The van der Waals surface area contributed by atoms with Gasteiger partial charge in [-0.1, -0.05) is 0 Å². The maximum Gasteiger partial charge on any atom is 0.251 e. The van der Waals surface area contributed by atoms with E-state index < -0.39 is 6.10 Å². The highest BCUT2D eigenvalue weighted by molar-refractivity contribution is 5.81. The van der Waals surface area contributed by atoms with Crippen LogP contribution in [0.3, 0.4) is 0 Å². The van der Waals surface area contributed by atoms with Crippen LogP contribution in [0.25, 0.3) is 0 Å². The fourth-order valence-corrected chi connectivity index (χ4v) is 3.22. The standard InChI is InChI=1S/C17H23FN2O3/c1-12-9-13(18)4-5-15(12)20-6-2-3-14(10-20)19-17(21)16-11-22-7-8-23-16/h4-5,9,14,16H,2-3,6-8,10-11H2,1H3,(H,19,21). The van der Waals surface area contributed by atoms with Crippen LogP contribution in [-0.2, 0) is 14.3 Å². The van der Waals surface area contributed by atoms with Crippen LogP contribution in [0.1, 0.15) is 18.4 Å². The first-order valence-corrected chi connectivity index (χ1v) is 8.14. The van der Waals surface area contributed by atoms with Crippen molar-refractivity contribution in [1.82, 2.24) is 5.32 Å². The van der Waals surface area contributed by atoms with Crippen molar-refractivity contribution in [3.63, 3.8) is 0 Å². The molecule has 2 heterocycles. The number of amides is 1. The molecule has 5 nitrogen and oxygen atoms in total. The Bertz CT molecular complexity index is 561. The summed E-state index contributed by atoms with van der Waals surface area (Å²) in [7, 11) is 0. The van der Waals surface area contributed by atoms with Crippen LogP contribution in [0, 0.1) is 12.7 Å². The molecule has 6 heteroatoms. The lowest BCUT2D eigenvalue weighted by Crippen LogP contribution is -2.52. The van der Waals surface area contributed by atoms with Gasteiger partial charge in [0, 0.05) is 24.8 Å². The summed E-state index contributed by atoms with van der Waals surface area (Å²) in [6, 6.07) is 4.92. The topological polar surface area (TPSA) is 50.8 Å². The van der Waals surface area contributed by atoms with Crippen molar-refractivity contribution in [3.05, 3.63) is 29.6 Å². The van der Waals surface area contributed by atoms with E-state index >= 15 is 0 Å². The molecule has 0 saturated carbocycles. The van der Waals surface area contributed by atoms with Gasteiger partial charge in [-0.15, -0.1) is 0 Å². The van der Waals surface area contributed by atoms with Gasteiger partial charge in [0.25, 0.3) is 5.91 Å². The van der Waals surface area contributed by atoms with Crippen molar-refractivity contribution in [2.24, 2.45) is 0 Å². The maximum atomic E-state index is 13.3. The highest BCUT2D eigenvalue weighted by Gasteiger charge is 2.27. The summed E-state index contributed by atoms with van der Waals surface area (Å²) < 4.78 is 24.0. The molecule has 1 N–H and O–H groups in total. The van der Waals surface area contributed by atoms with Gasteiger partial charge in [0.15, 0.2) is 6.10 Å². The molecule has 126 valence electrons. The van der Waals surface area contributed by atoms with Crippen molar-refractivity contribution < 1.29 is 18.7 Å². The largest absolute Gasteiger partial charge is 0.376 e. The minimum Gasteiger partial charge on any atom is -0.376 e. The van der Waals surface area contributed by atoms with E-state index in [1.54, 1.807) is 6.07 Å². The summed E-state index contributed by atoms with van der Waals surface area (Å²) in [5, 5.41) is 3.06. The second-order valence-electron chi connectivity index (χ2n) is 6.16. The zero-order chi connectivity index (χ0) is 16.2. The fraction of sp³-hybridized carbons (Fsp3) is 0.588. The molecule has 2 aliphatic heterocycles. The number of benzene rings is 1. The molecule has 1 aromatic rings. The van der Waals surface area contributed by atoms with Gasteiger partial charge in [-0.05, 0) is 43.5 Å². The molecule has 3 rings (SSSR count). The van der Waals surface area contributed by atoms with Crippen LogP contribution >= 0.6 is 0 Å². The molecule has 2 fully saturated rings. The van der Waals surface area contributed by atoms with Crippen LogP contribution in [0.15, 0.2) is 18.2 Å². The van der Waals surface area contributed by atoms with E-state index in [4.69, 9.17) is 9.47 Å². The smallest absolute Gasteiger partial charge is 0.251 e. The number of aryl methyl sites for hydroxylation is 1. The Kier molecular flexibility index (Phi) is 5.13. The molecule has 0 aliphatic carbocycles. The lowest BCUT2D eigenvalue weighted by atomic mass is 10.0. The van der Waals surface area contributed by atoms with Gasteiger partial charge in [-0.2, -0.15) is 0 Å². The SMILES string of the molecule is Cc1cc(F)ccc1N1CCCC(NC(=O)C2COCCO2)C1. The second-order valence-corrected chi connectivity index (χ2v) is 6.16. The molecule has 0 radical (unpaired) electrons. The number of hydrogen-bond donors (Lipinski definition) is 1. The third-order valence-electron chi connectivity index (χ3n) is 4.38. The quantitative estimate of drug-likeness (QED) is 0.919. The Hall–Kier alpha value is -1.66. The monoisotopic (exact) mass is 322 g/mol. The number of halogens is 1. The van der Waals surface area contributed by atoms with Gasteiger partial charge in [0.1, 0.15) is 5.82 Å². The van der Waals surface area contributed by atoms with Crippen LogP contribution in [0.4, 0.5) is 10.1 Å². The highest BCUT2D eigenvalue weighted by atomic mass is 19.1. The normalized spacial score (nSPS) is 25.2. The van der Waals surface area contributed by atoms with Gasteiger partial charge < -0.3 is 19.7 Å². The number of piperidine rings is 1. The predicted octanol–water partition coefficient (Wildman–Crippen LogP) is 1.63. The molecule has 0 bridgehead atoms. The van der Waals surface area contributed by atoms with Crippen LogP contribution in [-0.4, -0.2) is 51.0 Å². The summed E-state index contributed by atoms with van der Waals surface area (Å²) in [5.74, 6) is -0.324. The number of rotatable bonds is 3. The van der Waals surface area contributed by atoms with E-state index in [0.717, 1.165) is 37.2 Å². The lowest BCUT2D eigenvalue weighted by Gasteiger charge is -2.36. The zero-order valence-electron chi connectivity index (χ0n) is 13.4. The van der Waals surface area contributed by atoms with E-state index in [0.29, 0.717) is 19.8 Å². The molecule has 23 heavy (non-hydrogen) atoms. The summed E-state index contributed by atoms with van der Waals surface area (Å²) >= 11 is 0. The predicted molar refractivity (Wildman–Crippen MR) is 85.1 cm³/mol. The molecule has 0 spiro atoms. The first kappa shape index (κ1) is 16.2. The molecule has 2 saturated heterocycles. The van der Waals surface area contributed by atoms with E-state index in [-0.39, 0.29) is 17.8 Å². The van der Waals surface area contributed by atoms with Gasteiger partial charge in [0.05, 0.1) is 19.8 Å². The van der Waals surface area contributed by atoms with Gasteiger partial charge >= 0.3 is 0 Å². The van der Waals surface area contributed by atoms with Gasteiger partial charge in [-0.25, -0.2) is 4.39 Å². The summed E-state index contributed by atoms with van der Waals surface area (Å²) in [5.41, 5.74) is 1.95. The average Bonchev–Trinajstić information content (AvgIpc) is 2.56. The maximum absolute atomic E-state index is 13.3.